The number of carbonyl (C=O) groups excluding carboxylic acids is 1. The molecule has 5 heteroatoms. The monoisotopic (exact) mass is 268 g/mol. The molecule has 0 saturated carbocycles. The number of aliphatic carboxylic acids is 1. The van der Waals surface area contributed by atoms with Crippen molar-refractivity contribution in [2.75, 3.05) is 19.6 Å². The molecule has 108 valence electrons. The maximum Gasteiger partial charge on any atom is 0.309 e. The van der Waals surface area contributed by atoms with Crippen LogP contribution in [0.15, 0.2) is 0 Å². The van der Waals surface area contributed by atoms with Gasteiger partial charge in [0, 0.05) is 13.1 Å². The van der Waals surface area contributed by atoms with Crippen molar-refractivity contribution < 1.29 is 14.7 Å². The van der Waals surface area contributed by atoms with Gasteiger partial charge < -0.3 is 15.3 Å². The third-order valence-corrected chi connectivity index (χ3v) is 4.66. The molecule has 19 heavy (non-hydrogen) atoms. The number of amides is 1. The van der Waals surface area contributed by atoms with Gasteiger partial charge in [-0.2, -0.15) is 0 Å². The van der Waals surface area contributed by atoms with Crippen molar-refractivity contribution in [3.63, 3.8) is 0 Å². The fourth-order valence-electron chi connectivity index (χ4n) is 2.95. The molecule has 1 amide bonds. The van der Waals surface area contributed by atoms with Crippen LogP contribution in [0.2, 0.25) is 0 Å². The van der Waals surface area contributed by atoms with Gasteiger partial charge in [0.15, 0.2) is 0 Å². The van der Waals surface area contributed by atoms with Crippen LogP contribution in [0.3, 0.4) is 0 Å². The van der Waals surface area contributed by atoms with Crippen molar-refractivity contribution in [1.82, 2.24) is 10.2 Å². The van der Waals surface area contributed by atoms with E-state index in [-0.39, 0.29) is 11.9 Å². The normalized spacial score (nSPS) is 30.9. The summed E-state index contributed by atoms with van der Waals surface area (Å²) in [6, 6.07) is -0.0714. The lowest BCUT2D eigenvalue weighted by atomic mass is 9.80. The zero-order valence-electron chi connectivity index (χ0n) is 11.8. The van der Waals surface area contributed by atoms with E-state index in [1.54, 1.807) is 6.92 Å². The van der Waals surface area contributed by atoms with E-state index in [2.05, 4.69) is 12.2 Å². The van der Waals surface area contributed by atoms with Crippen molar-refractivity contribution >= 4 is 11.9 Å². The van der Waals surface area contributed by atoms with Gasteiger partial charge in [-0.25, -0.2) is 0 Å². The standard InChI is InChI=1S/C14H24N2O3/c1-10-3-6-15-11(9-10)12(17)16-7-4-14(2,5-8-16)13(18)19/h10-11,15H,3-9H2,1-2H3,(H,18,19). The lowest BCUT2D eigenvalue weighted by Gasteiger charge is -2.39. The van der Waals surface area contributed by atoms with Crippen molar-refractivity contribution in [2.45, 2.75) is 45.6 Å². The van der Waals surface area contributed by atoms with Gasteiger partial charge >= 0.3 is 5.97 Å². The first kappa shape index (κ1) is 14.3. The van der Waals surface area contributed by atoms with Gasteiger partial charge in [0.1, 0.15) is 0 Å². The molecule has 0 aromatic rings. The largest absolute Gasteiger partial charge is 0.481 e. The first-order chi connectivity index (χ1) is 8.92. The molecule has 0 aliphatic carbocycles. The van der Waals surface area contributed by atoms with E-state index in [4.69, 9.17) is 0 Å². The predicted molar refractivity (Wildman–Crippen MR) is 71.7 cm³/mol. The van der Waals surface area contributed by atoms with Crippen LogP contribution in [0.1, 0.15) is 39.5 Å². The molecule has 2 atom stereocenters. The Balaban J connectivity index is 1.90. The van der Waals surface area contributed by atoms with Crippen molar-refractivity contribution in [1.29, 1.82) is 0 Å². The Morgan fingerprint density at radius 3 is 2.47 bits per heavy atom. The molecule has 2 fully saturated rings. The Hall–Kier alpha value is -1.10. The molecule has 0 bridgehead atoms. The van der Waals surface area contributed by atoms with Gasteiger partial charge in [-0.3, -0.25) is 9.59 Å². The van der Waals surface area contributed by atoms with E-state index < -0.39 is 11.4 Å². The molecule has 0 aromatic carbocycles. The van der Waals surface area contributed by atoms with Crippen LogP contribution >= 0.6 is 0 Å². The van der Waals surface area contributed by atoms with Crippen LogP contribution in [-0.4, -0.2) is 47.6 Å². The number of carbonyl (C=O) groups is 2. The van der Waals surface area contributed by atoms with Crippen molar-refractivity contribution in [3.8, 4) is 0 Å². The molecule has 0 spiro atoms. The second-order valence-corrected chi connectivity index (χ2v) is 6.33. The highest BCUT2D eigenvalue weighted by atomic mass is 16.4. The molecule has 2 unspecified atom stereocenters. The number of rotatable bonds is 2. The molecular formula is C14H24N2O3. The molecule has 2 rings (SSSR count). The van der Waals surface area contributed by atoms with Gasteiger partial charge in [-0.15, -0.1) is 0 Å². The highest BCUT2D eigenvalue weighted by Crippen LogP contribution is 2.31. The smallest absolute Gasteiger partial charge is 0.309 e. The summed E-state index contributed by atoms with van der Waals surface area (Å²) in [5, 5.41) is 12.5. The van der Waals surface area contributed by atoms with E-state index in [0.29, 0.717) is 31.8 Å². The molecule has 2 aliphatic heterocycles. The van der Waals surface area contributed by atoms with Gasteiger partial charge in [-0.05, 0) is 45.1 Å². The summed E-state index contributed by atoms with van der Waals surface area (Å²) < 4.78 is 0. The summed E-state index contributed by atoms with van der Waals surface area (Å²) in [6.45, 7) is 5.98. The molecule has 2 N–H and O–H groups in total. The molecule has 0 radical (unpaired) electrons. The SMILES string of the molecule is CC1CCNC(C(=O)N2CCC(C)(C(=O)O)CC2)C1. The molecule has 5 nitrogen and oxygen atoms in total. The minimum Gasteiger partial charge on any atom is -0.481 e. The topological polar surface area (TPSA) is 69.6 Å². The van der Waals surface area contributed by atoms with Crippen LogP contribution in [0.25, 0.3) is 0 Å². The molecule has 2 saturated heterocycles. The zero-order chi connectivity index (χ0) is 14.0. The van der Waals surface area contributed by atoms with Crippen LogP contribution < -0.4 is 5.32 Å². The van der Waals surface area contributed by atoms with Gasteiger partial charge in [0.2, 0.25) is 5.91 Å². The van der Waals surface area contributed by atoms with E-state index in [1.807, 2.05) is 4.90 Å². The molecule has 2 aliphatic rings. The van der Waals surface area contributed by atoms with Crippen LogP contribution in [0.5, 0.6) is 0 Å². The second-order valence-electron chi connectivity index (χ2n) is 6.33. The van der Waals surface area contributed by atoms with Crippen molar-refractivity contribution in [3.05, 3.63) is 0 Å². The molecule has 2 heterocycles. The number of nitrogens with one attached hydrogen (secondary N) is 1. The fourth-order valence-corrected chi connectivity index (χ4v) is 2.95. The maximum atomic E-state index is 12.4. The minimum atomic E-state index is -0.746. The maximum absolute atomic E-state index is 12.4. The van der Waals surface area contributed by atoms with E-state index in [9.17, 15) is 14.7 Å². The summed E-state index contributed by atoms with van der Waals surface area (Å²) in [5.74, 6) is -0.00715. The summed E-state index contributed by atoms with van der Waals surface area (Å²) in [5.41, 5.74) is -0.663. The Morgan fingerprint density at radius 2 is 1.95 bits per heavy atom. The minimum absolute atomic E-state index is 0.0714. The van der Waals surface area contributed by atoms with E-state index in [1.165, 1.54) is 0 Å². The van der Waals surface area contributed by atoms with Gasteiger partial charge in [0.05, 0.1) is 11.5 Å². The molecular weight excluding hydrogens is 244 g/mol. The third kappa shape index (κ3) is 3.08. The summed E-state index contributed by atoms with van der Waals surface area (Å²) in [7, 11) is 0. The van der Waals surface area contributed by atoms with Crippen LogP contribution in [0, 0.1) is 11.3 Å². The highest BCUT2D eigenvalue weighted by molar-refractivity contribution is 5.82. The first-order valence-electron chi connectivity index (χ1n) is 7.18. The number of carboxylic acid groups (broad SMARTS) is 1. The van der Waals surface area contributed by atoms with E-state index in [0.717, 1.165) is 19.4 Å². The Labute approximate surface area is 114 Å². The van der Waals surface area contributed by atoms with Gasteiger partial charge in [-0.1, -0.05) is 6.92 Å². The lowest BCUT2D eigenvalue weighted by Crippen LogP contribution is -2.53. The van der Waals surface area contributed by atoms with Gasteiger partial charge in [0.25, 0.3) is 0 Å². The number of hydrogen-bond donors (Lipinski definition) is 2. The third-order valence-electron chi connectivity index (χ3n) is 4.66. The van der Waals surface area contributed by atoms with Crippen molar-refractivity contribution in [2.24, 2.45) is 11.3 Å². The van der Waals surface area contributed by atoms with Crippen LogP contribution in [-0.2, 0) is 9.59 Å². The fraction of sp³-hybridized carbons (Fsp3) is 0.857. The Kier molecular flexibility index (Phi) is 4.13. The second kappa shape index (κ2) is 5.49. The predicted octanol–water partition coefficient (Wildman–Crippen LogP) is 1.09. The average molecular weight is 268 g/mol. The first-order valence-corrected chi connectivity index (χ1v) is 7.18. The number of hydrogen-bond acceptors (Lipinski definition) is 3. The number of piperidine rings is 2. The Morgan fingerprint density at radius 1 is 1.32 bits per heavy atom. The zero-order valence-corrected chi connectivity index (χ0v) is 11.8. The quantitative estimate of drug-likeness (QED) is 0.786. The molecule has 0 aromatic heterocycles. The summed E-state index contributed by atoms with van der Waals surface area (Å²) >= 11 is 0. The number of carboxylic acids is 1. The number of nitrogens with zero attached hydrogens (tertiary/aromatic N) is 1. The summed E-state index contributed by atoms with van der Waals surface area (Å²) in [6.07, 6.45) is 3.12. The highest BCUT2D eigenvalue weighted by Gasteiger charge is 2.39. The lowest BCUT2D eigenvalue weighted by molar-refractivity contribution is -0.153. The number of likely N-dealkylation sites (tertiary alicyclic amines) is 1. The van der Waals surface area contributed by atoms with Crippen LogP contribution in [0.4, 0.5) is 0 Å². The Bertz CT molecular complexity index is 362. The average Bonchev–Trinajstić information content (AvgIpc) is 2.38. The van der Waals surface area contributed by atoms with E-state index >= 15 is 0 Å². The summed E-state index contributed by atoms with van der Waals surface area (Å²) in [4.78, 5) is 25.4.